The lowest BCUT2D eigenvalue weighted by Gasteiger charge is -2.17. The summed E-state index contributed by atoms with van der Waals surface area (Å²) >= 11 is 0. The lowest BCUT2D eigenvalue weighted by Crippen LogP contribution is -2.47. The van der Waals surface area contributed by atoms with E-state index >= 15 is 0 Å². The van der Waals surface area contributed by atoms with Crippen molar-refractivity contribution in [1.82, 2.24) is 15.2 Å². The van der Waals surface area contributed by atoms with E-state index in [0.29, 0.717) is 5.69 Å². The Hall–Kier alpha value is -1.08. The van der Waals surface area contributed by atoms with E-state index in [0.717, 1.165) is 0 Å². The van der Waals surface area contributed by atoms with E-state index in [1.807, 2.05) is 13.8 Å². The molecule has 0 saturated heterocycles. The Labute approximate surface area is 91.6 Å². The molecule has 0 bridgehead atoms. The molecule has 0 spiro atoms. The van der Waals surface area contributed by atoms with Crippen LogP contribution in [0.15, 0.2) is 12.3 Å². The summed E-state index contributed by atoms with van der Waals surface area (Å²) in [5.74, 6) is 4.87. The van der Waals surface area contributed by atoms with Gasteiger partial charge in [0.05, 0.1) is 5.69 Å². The number of alkyl halides is 3. The van der Waals surface area contributed by atoms with Gasteiger partial charge in [-0.1, -0.05) is 0 Å². The SMILES string of the molecule is CC(C)n1ccc(CC(NN)C(F)(F)F)n1. The van der Waals surface area contributed by atoms with Gasteiger partial charge in [-0.3, -0.25) is 10.5 Å². The van der Waals surface area contributed by atoms with Crippen LogP contribution in [0, 0.1) is 0 Å². The Bertz CT molecular complexity index is 332. The van der Waals surface area contributed by atoms with Crippen molar-refractivity contribution >= 4 is 0 Å². The topological polar surface area (TPSA) is 55.9 Å². The van der Waals surface area contributed by atoms with Gasteiger partial charge in [0.2, 0.25) is 0 Å². The molecule has 0 aromatic carbocycles. The fourth-order valence-corrected chi connectivity index (χ4v) is 1.25. The minimum absolute atomic E-state index is 0.129. The van der Waals surface area contributed by atoms with Crippen LogP contribution in [0.1, 0.15) is 25.6 Å². The van der Waals surface area contributed by atoms with Crippen molar-refractivity contribution in [2.24, 2.45) is 5.84 Å². The highest BCUT2D eigenvalue weighted by molar-refractivity contribution is 5.03. The normalized spacial score (nSPS) is 14.4. The molecule has 0 aliphatic carbocycles. The van der Waals surface area contributed by atoms with E-state index in [1.165, 1.54) is 0 Å². The van der Waals surface area contributed by atoms with Crippen LogP contribution in [-0.4, -0.2) is 22.0 Å². The smallest absolute Gasteiger partial charge is 0.271 e. The summed E-state index contributed by atoms with van der Waals surface area (Å²) in [5, 5.41) is 4.03. The largest absolute Gasteiger partial charge is 0.405 e. The second kappa shape index (κ2) is 4.84. The first kappa shape index (κ1) is 13.0. The molecule has 1 rings (SSSR count). The van der Waals surface area contributed by atoms with E-state index in [2.05, 4.69) is 5.10 Å². The van der Waals surface area contributed by atoms with Gasteiger partial charge in [0.25, 0.3) is 0 Å². The van der Waals surface area contributed by atoms with Crippen LogP contribution in [0.3, 0.4) is 0 Å². The van der Waals surface area contributed by atoms with Gasteiger partial charge in [0.1, 0.15) is 6.04 Å². The number of hydrazine groups is 1. The Morgan fingerprint density at radius 3 is 2.50 bits per heavy atom. The van der Waals surface area contributed by atoms with Crippen molar-refractivity contribution in [2.75, 3.05) is 0 Å². The molecule has 0 aliphatic heterocycles. The van der Waals surface area contributed by atoms with Crippen LogP contribution in [0.4, 0.5) is 13.2 Å². The first-order valence-electron chi connectivity index (χ1n) is 4.91. The molecule has 1 aromatic rings. The predicted molar refractivity (Wildman–Crippen MR) is 53.5 cm³/mol. The average molecular weight is 236 g/mol. The minimum atomic E-state index is -4.36. The molecule has 4 nitrogen and oxygen atoms in total. The molecule has 0 aliphatic rings. The lowest BCUT2D eigenvalue weighted by molar-refractivity contribution is -0.155. The molecule has 0 amide bonds. The Morgan fingerprint density at radius 1 is 1.50 bits per heavy atom. The predicted octanol–water partition coefficient (Wildman–Crippen LogP) is 1.40. The van der Waals surface area contributed by atoms with Crippen molar-refractivity contribution in [3.05, 3.63) is 18.0 Å². The van der Waals surface area contributed by atoms with Gasteiger partial charge in [0, 0.05) is 18.7 Å². The van der Waals surface area contributed by atoms with Crippen molar-refractivity contribution in [2.45, 2.75) is 38.5 Å². The fraction of sp³-hybridized carbons (Fsp3) is 0.667. The third-order valence-electron chi connectivity index (χ3n) is 2.20. The van der Waals surface area contributed by atoms with Gasteiger partial charge in [-0.25, -0.2) is 5.43 Å². The van der Waals surface area contributed by atoms with Gasteiger partial charge >= 0.3 is 6.18 Å². The van der Waals surface area contributed by atoms with Gasteiger partial charge < -0.3 is 0 Å². The maximum Gasteiger partial charge on any atom is 0.405 e. The molecule has 1 aromatic heterocycles. The minimum Gasteiger partial charge on any atom is -0.271 e. The zero-order valence-electron chi connectivity index (χ0n) is 9.12. The molecule has 92 valence electrons. The average Bonchev–Trinajstić information content (AvgIpc) is 2.60. The summed E-state index contributed by atoms with van der Waals surface area (Å²) < 4.78 is 38.8. The maximum atomic E-state index is 12.4. The second-order valence-corrected chi connectivity index (χ2v) is 3.85. The first-order valence-corrected chi connectivity index (χ1v) is 4.91. The molecule has 0 fully saturated rings. The van der Waals surface area contributed by atoms with Crippen LogP contribution in [0.5, 0.6) is 0 Å². The molecule has 0 radical (unpaired) electrons. The summed E-state index contributed by atoms with van der Waals surface area (Å²) in [6.45, 7) is 3.80. The number of halogens is 3. The van der Waals surface area contributed by atoms with Crippen molar-refractivity contribution in [3.8, 4) is 0 Å². The zero-order valence-corrected chi connectivity index (χ0v) is 9.12. The number of hydrogen-bond acceptors (Lipinski definition) is 3. The number of rotatable bonds is 4. The molecule has 16 heavy (non-hydrogen) atoms. The second-order valence-electron chi connectivity index (χ2n) is 3.85. The highest BCUT2D eigenvalue weighted by atomic mass is 19.4. The number of nitrogens with one attached hydrogen (secondary N) is 1. The standard InChI is InChI=1S/C9H15F3N4/c1-6(2)16-4-3-7(15-16)5-8(14-13)9(10,11)12/h3-4,6,8,14H,5,13H2,1-2H3. The summed E-state index contributed by atoms with van der Waals surface area (Å²) in [4.78, 5) is 0. The molecule has 1 unspecified atom stereocenters. The van der Waals surface area contributed by atoms with E-state index < -0.39 is 12.2 Å². The quantitative estimate of drug-likeness (QED) is 0.613. The first-order chi connectivity index (χ1) is 7.34. The van der Waals surface area contributed by atoms with Crippen LogP contribution in [0.25, 0.3) is 0 Å². The van der Waals surface area contributed by atoms with E-state index in [-0.39, 0.29) is 12.5 Å². The number of hydrogen-bond donors (Lipinski definition) is 2. The third kappa shape index (κ3) is 3.21. The monoisotopic (exact) mass is 236 g/mol. The molecule has 1 heterocycles. The number of aromatic nitrogens is 2. The molecular weight excluding hydrogens is 221 g/mol. The Kier molecular flexibility index (Phi) is 3.93. The summed E-state index contributed by atoms with van der Waals surface area (Å²) in [6, 6.07) is -0.0669. The van der Waals surface area contributed by atoms with E-state index in [9.17, 15) is 13.2 Å². The summed E-state index contributed by atoms with van der Waals surface area (Å²) in [7, 11) is 0. The van der Waals surface area contributed by atoms with E-state index in [1.54, 1.807) is 22.4 Å². The lowest BCUT2D eigenvalue weighted by atomic mass is 10.1. The highest BCUT2D eigenvalue weighted by Crippen LogP contribution is 2.22. The Morgan fingerprint density at radius 2 is 2.12 bits per heavy atom. The Balaban J connectivity index is 2.71. The number of nitrogens with two attached hydrogens (primary N) is 1. The van der Waals surface area contributed by atoms with Gasteiger partial charge in [-0.05, 0) is 19.9 Å². The zero-order chi connectivity index (χ0) is 12.3. The molecule has 1 atom stereocenters. The van der Waals surface area contributed by atoms with Crippen molar-refractivity contribution in [1.29, 1.82) is 0 Å². The summed E-state index contributed by atoms with van der Waals surface area (Å²) in [5.41, 5.74) is 2.12. The maximum absolute atomic E-state index is 12.4. The third-order valence-corrected chi connectivity index (χ3v) is 2.20. The molecule has 7 heteroatoms. The molecule has 0 saturated carbocycles. The molecule has 3 N–H and O–H groups in total. The fourth-order valence-electron chi connectivity index (χ4n) is 1.25. The summed E-state index contributed by atoms with van der Waals surface area (Å²) in [6.07, 6.45) is -2.97. The van der Waals surface area contributed by atoms with Crippen LogP contribution in [-0.2, 0) is 6.42 Å². The van der Waals surface area contributed by atoms with Crippen LogP contribution in [0.2, 0.25) is 0 Å². The highest BCUT2D eigenvalue weighted by Gasteiger charge is 2.39. The number of nitrogens with zero attached hydrogens (tertiary/aromatic N) is 2. The van der Waals surface area contributed by atoms with Crippen LogP contribution < -0.4 is 11.3 Å². The van der Waals surface area contributed by atoms with Gasteiger partial charge in [0.15, 0.2) is 0 Å². The van der Waals surface area contributed by atoms with Gasteiger partial charge in [-0.2, -0.15) is 18.3 Å². The van der Waals surface area contributed by atoms with Crippen LogP contribution >= 0.6 is 0 Å². The molecular formula is C9H15F3N4. The van der Waals surface area contributed by atoms with Crippen molar-refractivity contribution < 1.29 is 13.2 Å². The van der Waals surface area contributed by atoms with E-state index in [4.69, 9.17) is 5.84 Å². The van der Waals surface area contributed by atoms with Gasteiger partial charge in [-0.15, -0.1) is 0 Å². The van der Waals surface area contributed by atoms with Crippen molar-refractivity contribution in [3.63, 3.8) is 0 Å².